The molecular weight excluding hydrogens is 300 g/mol. The predicted molar refractivity (Wildman–Crippen MR) is 77.7 cm³/mol. The van der Waals surface area contributed by atoms with E-state index in [2.05, 4.69) is 43.2 Å². The number of aryl methyl sites for hydroxylation is 1. The van der Waals surface area contributed by atoms with Gasteiger partial charge in [0.2, 0.25) is 0 Å². The zero-order valence-corrected chi connectivity index (χ0v) is 12.7. The molecule has 0 aliphatic rings. The van der Waals surface area contributed by atoms with Crippen LogP contribution >= 0.6 is 27.3 Å². The lowest BCUT2D eigenvalue weighted by molar-refractivity contribution is 0.474. The average molecular weight is 317 g/mol. The number of hydrogen-bond acceptors (Lipinski definition) is 3. The number of rotatable bonds is 4. The van der Waals surface area contributed by atoms with E-state index in [0.29, 0.717) is 6.54 Å². The van der Waals surface area contributed by atoms with Gasteiger partial charge in [-0.3, -0.25) is 4.99 Å². The molecule has 0 aromatic carbocycles. The molecule has 0 spiro atoms. The molecule has 1 N–H and O–H groups in total. The zero-order chi connectivity index (χ0) is 12.8. The van der Waals surface area contributed by atoms with E-state index in [-0.39, 0.29) is 0 Å². The van der Waals surface area contributed by atoms with Crippen molar-refractivity contribution < 1.29 is 0 Å². The van der Waals surface area contributed by atoms with E-state index in [1.165, 1.54) is 0 Å². The Balaban J connectivity index is 2.55. The van der Waals surface area contributed by atoms with Gasteiger partial charge in [-0.2, -0.15) is 0 Å². The molecule has 6 heteroatoms. The largest absolute Gasteiger partial charge is 0.352 e. The summed E-state index contributed by atoms with van der Waals surface area (Å²) in [6.07, 6.45) is 0. The molecule has 0 unspecified atom stereocenters. The molecule has 0 atom stereocenters. The summed E-state index contributed by atoms with van der Waals surface area (Å²) in [5, 5.41) is 6.36. The maximum absolute atomic E-state index is 4.43. The summed E-state index contributed by atoms with van der Waals surface area (Å²) < 4.78 is 0.900. The minimum atomic E-state index is 0.660. The summed E-state index contributed by atoms with van der Waals surface area (Å²) in [5.41, 5.74) is 1.07. The van der Waals surface area contributed by atoms with Crippen molar-refractivity contribution in [3.05, 3.63) is 27.1 Å². The fraction of sp³-hybridized carbons (Fsp3) is 0.455. The summed E-state index contributed by atoms with van der Waals surface area (Å²) in [7, 11) is 3.75. The summed E-state index contributed by atoms with van der Waals surface area (Å²) in [4.78, 5) is 10.7. The van der Waals surface area contributed by atoms with Crippen LogP contribution in [0.15, 0.2) is 21.4 Å². The average Bonchev–Trinajstić information content (AvgIpc) is 2.64. The Morgan fingerprint density at radius 2 is 2.41 bits per heavy atom. The van der Waals surface area contributed by atoms with E-state index in [4.69, 9.17) is 0 Å². The third-order valence-corrected chi connectivity index (χ3v) is 3.18. The minimum Gasteiger partial charge on any atom is -0.352 e. The van der Waals surface area contributed by atoms with E-state index in [1.54, 1.807) is 18.4 Å². The van der Waals surface area contributed by atoms with Crippen LogP contribution in [0.25, 0.3) is 0 Å². The third kappa shape index (κ3) is 4.87. The molecule has 0 saturated heterocycles. The van der Waals surface area contributed by atoms with Crippen molar-refractivity contribution in [2.24, 2.45) is 4.99 Å². The molecule has 0 saturated carbocycles. The fourth-order valence-electron chi connectivity index (χ4n) is 1.36. The SMILES string of the molecule is C=C(Br)CNC(=NC)N(C)Cc1csc(C)n1. The normalized spacial score (nSPS) is 11.4. The van der Waals surface area contributed by atoms with Crippen molar-refractivity contribution in [2.45, 2.75) is 13.5 Å². The molecule has 17 heavy (non-hydrogen) atoms. The van der Waals surface area contributed by atoms with Gasteiger partial charge in [0, 0.05) is 30.5 Å². The lowest BCUT2D eigenvalue weighted by Crippen LogP contribution is -2.38. The summed E-state index contributed by atoms with van der Waals surface area (Å²) in [6.45, 7) is 7.20. The molecule has 0 amide bonds. The van der Waals surface area contributed by atoms with Crippen molar-refractivity contribution in [3.63, 3.8) is 0 Å². The highest BCUT2D eigenvalue weighted by molar-refractivity contribution is 9.11. The summed E-state index contributed by atoms with van der Waals surface area (Å²) in [5.74, 6) is 0.830. The van der Waals surface area contributed by atoms with E-state index >= 15 is 0 Å². The Bertz CT molecular complexity index is 413. The second-order valence-corrected chi connectivity index (χ2v) is 5.82. The standard InChI is InChI=1S/C11H17BrN4S/c1-8(12)5-14-11(13-3)16(4)6-10-7-17-9(2)15-10/h7H,1,5-6H2,2-4H3,(H,13,14). The number of guanidine groups is 1. The first-order valence-corrected chi connectivity index (χ1v) is 6.86. The lowest BCUT2D eigenvalue weighted by atomic mass is 10.4. The predicted octanol–water partition coefficient (Wildman–Crippen LogP) is 2.37. The van der Waals surface area contributed by atoms with Gasteiger partial charge in [0.1, 0.15) is 0 Å². The van der Waals surface area contributed by atoms with E-state index in [9.17, 15) is 0 Å². The Hall–Kier alpha value is -0.880. The van der Waals surface area contributed by atoms with Crippen LogP contribution in [-0.4, -0.2) is 36.5 Å². The van der Waals surface area contributed by atoms with Gasteiger partial charge < -0.3 is 10.2 Å². The molecule has 1 aromatic heterocycles. The van der Waals surface area contributed by atoms with Crippen LogP contribution in [0.2, 0.25) is 0 Å². The molecule has 0 aliphatic carbocycles. The molecular formula is C11H17BrN4S. The van der Waals surface area contributed by atoms with Crippen LogP contribution in [0.5, 0.6) is 0 Å². The third-order valence-electron chi connectivity index (χ3n) is 2.08. The van der Waals surface area contributed by atoms with Gasteiger partial charge in [0.05, 0.1) is 17.2 Å². The molecule has 4 nitrogen and oxygen atoms in total. The minimum absolute atomic E-state index is 0.660. The van der Waals surface area contributed by atoms with E-state index in [1.807, 2.05) is 18.9 Å². The number of nitrogens with one attached hydrogen (secondary N) is 1. The topological polar surface area (TPSA) is 40.5 Å². The molecule has 0 fully saturated rings. The van der Waals surface area contributed by atoms with Crippen LogP contribution in [0.4, 0.5) is 0 Å². The van der Waals surface area contributed by atoms with Crippen molar-refractivity contribution in [3.8, 4) is 0 Å². The van der Waals surface area contributed by atoms with Gasteiger partial charge in [0.25, 0.3) is 0 Å². The molecule has 0 aliphatic heterocycles. The first-order valence-electron chi connectivity index (χ1n) is 5.19. The first kappa shape index (κ1) is 14.2. The molecule has 94 valence electrons. The van der Waals surface area contributed by atoms with Gasteiger partial charge in [-0.05, 0) is 6.92 Å². The number of hydrogen-bond donors (Lipinski definition) is 1. The highest BCUT2D eigenvalue weighted by atomic mass is 79.9. The molecule has 0 bridgehead atoms. The number of thiazole rings is 1. The Kier molecular flexibility index (Phi) is 5.64. The van der Waals surface area contributed by atoms with Crippen LogP contribution in [0.3, 0.4) is 0 Å². The maximum Gasteiger partial charge on any atom is 0.194 e. The molecule has 1 aromatic rings. The number of nitrogens with zero attached hydrogens (tertiary/aromatic N) is 3. The maximum atomic E-state index is 4.43. The number of aliphatic imine (C=N–C) groups is 1. The monoisotopic (exact) mass is 316 g/mol. The fourth-order valence-corrected chi connectivity index (χ4v) is 2.10. The van der Waals surface area contributed by atoms with E-state index in [0.717, 1.165) is 27.7 Å². The summed E-state index contributed by atoms with van der Waals surface area (Å²) >= 11 is 4.97. The highest BCUT2D eigenvalue weighted by Crippen LogP contribution is 2.09. The quantitative estimate of drug-likeness (QED) is 0.685. The van der Waals surface area contributed by atoms with Crippen molar-refractivity contribution in [2.75, 3.05) is 20.6 Å². The van der Waals surface area contributed by atoms with Gasteiger partial charge >= 0.3 is 0 Å². The zero-order valence-electron chi connectivity index (χ0n) is 10.3. The van der Waals surface area contributed by atoms with Crippen molar-refractivity contribution >= 4 is 33.2 Å². The van der Waals surface area contributed by atoms with Gasteiger partial charge in [-0.25, -0.2) is 4.98 Å². The smallest absolute Gasteiger partial charge is 0.194 e. The highest BCUT2D eigenvalue weighted by Gasteiger charge is 2.08. The van der Waals surface area contributed by atoms with Crippen LogP contribution < -0.4 is 5.32 Å². The lowest BCUT2D eigenvalue weighted by Gasteiger charge is -2.20. The molecule has 1 rings (SSSR count). The van der Waals surface area contributed by atoms with Crippen molar-refractivity contribution in [1.82, 2.24) is 15.2 Å². The van der Waals surface area contributed by atoms with Gasteiger partial charge in [-0.1, -0.05) is 22.5 Å². The van der Waals surface area contributed by atoms with E-state index < -0.39 is 0 Å². The second kappa shape index (κ2) is 6.76. The van der Waals surface area contributed by atoms with Crippen LogP contribution in [-0.2, 0) is 6.54 Å². The van der Waals surface area contributed by atoms with Crippen molar-refractivity contribution in [1.29, 1.82) is 0 Å². The molecule has 1 heterocycles. The number of halogens is 1. The Labute approximate surface area is 115 Å². The summed E-state index contributed by atoms with van der Waals surface area (Å²) in [6, 6.07) is 0. The van der Waals surface area contributed by atoms with Crippen LogP contribution in [0.1, 0.15) is 10.7 Å². The Morgan fingerprint density at radius 3 is 2.88 bits per heavy atom. The van der Waals surface area contributed by atoms with Gasteiger partial charge in [-0.15, -0.1) is 11.3 Å². The first-order chi connectivity index (χ1) is 8.02. The second-order valence-electron chi connectivity index (χ2n) is 3.63. The number of aromatic nitrogens is 1. The van der Waals surface area contributed by atoms with Crippen LogP contribution in [0, 0.1) is 6.92 Å². The van der Waals surface area contributed by atoms with Gasteiger partial charge in [0.15, 0.2) is 5.96 Å². The molecule has 0 radical (unpaired) electrons. The Morgan fingerprint density at radius 1 is 1.71 bits per heavy atom.